The molecule has 1 saturated heterocycles. The first-order valence-corrected chi connectivity index (χ1v) is 12.0. The number of nitrogens with zero attached hydrogens (tertiary/aromatic N) is 3. The van der Waals surface area contributed by atoms with Crippen LogP contribution in [0.5, 0.6) is 0 Å². The lowest BCUT2D eigenvalue weighted by atomic mass is 10.00. The summed E-state index contributed by atoms with van der Waals surface area (Å²) in [6, 6.07) is 16.3. The molecule has 3 aromatic rings. The highest BCUT2D eigenvalue weighted by molar-refractivity contribution is 5.73. The molecule has 35 heavy (non-hydrogen) atoms. The van der Waals surface area contributed by atoms with Crippen LogP contribution in [-0.2, 0) is 19.5 Å². The predicted molar refractivity (Wildman–Crippen MR) is 132 cm³/mol. The molecule has 182 valence electrons. The van der Waals surface area contributed by atoms with Crippen LogP contribution in [0.2, 0.25) is 0 Å². The van der Waals surface area contributed by atoms with Crippen LogP contribution in [0.15, 0.2) is 60.8 Å². The van der Waals surface area contributed by atoms with E-state index >= 15 is 0 Å². The summed E-state index contributed by atoms with van der Waals surface area (Å²) in [7, 11) is 0. The highest BCUT2D eigenvalue weighted by atomic mass is 19.2. The smallest absolute Gasteiger partial charge is 0.315 e. The van der Waals surface area contributed by atoms with Crippen LogP contribution >= 0.6 is 0 Å². The minimum Gasteiger partial charge on any atom is -0.371 e. The Hall–Kier alpha value is -3.68. The lowest BCUT2D eigenvalue weighted by Gasteiger charge is -2.29. The van der Waals surface area contributed by atoms with Crippen LogP contribution in [-0.4, -0.2) is 37.2 Å². The molecule has 6 nitrogen and oxygen atoms in total. The Morgan fingerprint density at radius 3 is 2.63 bits per heavy atom. The van der Waals surface area contributed by atoms with Gasteiger partial charge in [0.25, 0.3) is 0 Å². The number of aromatic nitrogens is 1. The Balaban J connectivity index is 1.05. The van der Waals surface area contributed by atoms with Crippen molar-refractivity contribution < 1.29 is 13.6 Å². The summed E-state index contributed by atoms with van der Waals surface area (Å²) >= 11 is 0. The monoisotopic (exact) mass is 477 g/mol. The molecule has 0 saturated carbocycles. The maximum absolute atomic E-state index is 13.5. The second-order valence-corrected chi connectivity index (χ2v) is 9.23. The molecule has 0 radical (unpaired) electrons. The summed E-state index contributed by atoms with van der Waals surface area (Å²) in [5.74, 6) is -0.485. The summed E-state index contributed by atoms with van der Waals surface area (Å²) < 4.78 is 26.7. The molecule has 0 aliphatic carbocycles. The molecule has 2 aliphatic heterocycles. The summed E-state index contributed by atoms with van der Waals surface area (Å²) in [5, 5.41) is 5.80. The number of nitrogens with one attached hydrogen (secondary N) is 2. The number of carbonyl (C=O) groups excluding carboxylic acids is 1. The quantitative estimate of drug-likeness (QED) is 0.557. The van der Waals surface area contributed by atoms with Gasteiger partial charge in [0.1, 0.15) is 5.82 Å². The van der Waals surface area contributed by atoms with Crippen LogP contribution < -0.4 is 20.4 Å². The van der Waals surface area contributed by atoms with Crippen LogP contribution in [0.1, 0.15) is 23.1 Å². The molecule has 1 atom stereocenters. The Bertz CT molecular complexity index is 1190. The van der Waals surface area contributed by atoms with Crippen molar-refractivity contribution in [2.45, 2.75) is 25.9 Å². The van der Waals surface area contributed by atoms with Crippen LogP contribution in [0, 0.1) is 17.6 Å². The normalized spacial score (nSPS) is 17.3. The van der Waals surface area contributed by atoms with E-state index in [1.807, 2.05) is 23.2 Å². The number of hydrogen-bond acceptors (Lipinski definition) is 4. The van der Waals surface area contributed by atoms with Crippen molar-refractivity contribution in [3.63, 3.8) is 0 Å². The molecular formula is C27H29F2N5O. The van der Waals surface area contributed by atoms with Crippen LogP contribution in [0.25, 0.3) is 0 Å². The van der Waals surface area contributed by atoms with Gasteiger partial charge in [-0.3, -0.25) is 0 Å². The Labute approximate surface area is 204 Å². The Kier molecular flexibility index (Phi) is 6.79. The first-order chi connectivity index (χ1) is 17.0. The number of carbonyl (C=O) groups is 1. The highest BCUT2D eigenvalue weighted by Gasteiger charge is 2.24. The van der Waals surface area contributed by atoms with Gasteiger partial charge in [-0.1, -0.05) is 30.3 Å². The number of pyridine rings is 1. The van der Waals surface area contributed by atoms with Gasteiger partial charge in [-0.25, -0.2) is 18.6 Å². The number of benzene rings is 2. The fourth-order valence-electron chi connectivity index (χ4n) is 4.80. The van der Waals surface area contributed by atoms with Gasteiger partial charge >= 0.3 is 6.03 Å². The molecule has 1 aromatic heterocycles. The van der Waals surface area contributed by atoms with E-state index in [0.29, 0.717) is 25.3 Å². The number of rotatable bonds is 6. The SMILES string of the molecule is O=C(NCc1ccc(N2CCc3ccccc3C2)nc1)NCC1CCN(c2ccc(F)c(F)c2)C1. The standard InChI is InChI=1S/C27H29F2N5O/c28-24-7-6-23(13-25(24)29)33-11-9-20(17-33)16-32-27(35)31-15-19-5-8-26(30-14-19)34-12-10-21-3-1-2-4-22(21)18-34/h1-8,13-14,20H,9-12,15-18H2,(H2,31,32,35). The van der Waals surface area contributed by atoms with Gasteiger partial charge in [0.05, 0.1) is 0 Å². The maximum Gasteiger partial charge on any atom is 0.315 e. The zero-order chi connectivity index (χ0) is 24.2. The zero-order valence-corrected chi connectivity index (χ0v) is 19.5. The average Bonchev–Trinajstić information content (AvgIpc) is 3.37. The number of amides is 2. The van der Waals surface area contributed by atoms with E-state index in [2.05, 4.69) is 44.8 Å². The zero-order valence-electron chi connectivity index (χ0n) is 19.5. The molecule has 1 unspecified atom stereocenters. The van der Waals surface area contributed by atoms with Crippen molar-refractivity contribution in [1.29, 1.82) is 0 Å². The van der Waals surface area contributed by atoms with Gasteiger partial charge in [0, 0.05) is 57.2 Å². The molecular weight excluding hydrogens is 448 g/mol. The van der Waals surface area contributed by atoms with E-state index in [-0.39, 0.29) is 11.9 Å². The van der Waals surface area contributed by atoms with E-state index < -0.39 is 11.6 Å². The van der Waals surface area contributed by atoms with Gasteiger partial charge in [-0.15, -0.1) is 0 Å². The van der Waals surface area contributed by atoms with Crippen molar-refractivity contribution in [1.82, 2.24) is 15.6 Å². The lowest BCUT2D eigenvalue weighted by molar-refractivity contribution is 0.239. The number of hydrogen-bond donors (Lipinski definition) is 2. The third-order valence-electron chi connectivity index (χ3n) is 6.82. The molecule has 2 aliphatic rings. The van der Waals surface area contributed by atoms with Gasteiger partial charge in [0.2, 0.25) is 0 Å². The molecule has 1 fully saturated rings. The summed E-state index contributed by atoms with van der Waals surface area (Å²) in [5.41, 5.74) is 4.36. The third kappa shape index (κ3) is 5.53. The Morgan fingerprint density at radius 2 is 1.83 bits per heavy atom. The molecule has 3 heterocycles. The second-order valence-electron chi connectivity index (χ2n) is 9.23. The van der Waals surface area contributed by atoms with E-state index in [9.17, 15) is 13.6 Å². The van der Waals surface area contributed by atoms with E-state index in [4.69, 9.17) is 0 Å². The molecule has 0 spiro atoms. The van der Waals surface area contributed by atoms with E-state index in [1.165, 1.54) is 17.2 Å². The van der Waals surface area contributed by atoms with Crippen molar-refractivity contribution in [3.05, 3.63) is 89.1 Å². The van der Waals surface area contributed by atoms with Crippen molar-refractivity contribution in [2.75, 3.05) is 36.0 Å². The first kappa shape index (κ1) is 23.1. The molecule has 0 bridgehead atoms. The minimum absolute atomic E-state index is 0.229. The summed E-state index contributed by atoms with van der Waals surface area (Å²) in [4.78, 5) is 21.2. The van der Waals surface area contributed by atoms with Crippen molar-refractivity contribution >= 4 is 17.5 Å². The van der Waals surface area contributed by atoms with Crippen molar-refractivity contribution in [3.8, 4) is 0 Å². The maximum atomic E-state index is 13.5. The molecule has 2 N–H and O–H groups in total. The first-order valence-electron chi connectivity index (χ1n) is 12.0. The topological polar surface area (TPSA) is 60.5 Å². The largest absolute Gasteiger partial charge is 0.371 e. The molecule has 2 aromatic carbocycles. The van der Waals surface area contributed by atoms with Gasteiger partial charge in [-0.05, 0) is 53.6 Å². The van der Waals surface area contributed by atoms with E-state index in [0.717, 1.165) is 49.9 Å². The van der Waals surface area contributed by atoms with Crippen LogP contribution in [0.3, 0.4) is 0 Å². The number of halogens is 2. The number of anilines is 2. The minimum atomic E-state index is -0.843. The van der Waals surface area contributed by atoms with Gasteiger partial charge in [0.15, 0.2) is 11.6 Å². The number of fused-ring (bicyclic) bond motifs is 1. The van der Waals surface area contributed by atoms with E-state index in [1.54, 1.807) is 6.07 Å². The lowest BCUT2D eigenvalue weighted by Crippen LogP contribution is -2.38. The van der Waals surface area contributed by atoms with Gasteiger partial charge in [-0.2, -0.15) is 0 Å². The average molecular weight is 478 g/mol. The van der Waals surface area contributed by atoms with Gasteiger partial charge < -0.3 is 20.4 Å². The molecule has 2 amide bonds. The fraction of sp³-hybridized carbons (Fsp3) is 0.333. The number of urea groups is 1. The van der Waals surface area contributed by atoms with Crippen molar-refractivity contribution in [2.24, 2.45) is 5.92 Å². The Morgan fingerprint density at radius 1 is 0.971 bits per heavy atom. The third-order valence-corrected chi connectivity index (χ3v) is 6.82. The fourth-order valence-corrected chi connectivity index (χ4v) is 4.80. The highest BCUT2D eigenvalue weighted by Crippen LogP contribution is 2.25. The predicted octanol–water partition coefficient (Wildman–Crippen LogP) is 4.25. The summed E-state index contributed by atoms with van der Waals surface area (Å²) in [6.45, 7) is 4.17. The molecule has 5 rings (SSSR count). The van der Waals surface area contributed by atoms with Crippen LogP contribution in [0.4, 0.5) is 25.1 Å². The molecule has 8 heteroatoms. The summed E-state index contributed by atoms with van der Waals surface area (Å²) in [6.07, 6.45) is 3.71. The second kappa shape index (κ2) is 10.3.